The third-order valence-corrected chi connectivity index (χ3v) is 3.79. The molecule has 0 bridgehead atoms. The average Bonchev–Trinajstić information content (AvgIpc) is 2.64. The first-order valence-electron chi connectivity index (χ1n) is 7.71. The van der Waals surface area contributed by atoms with E-state index >= 15 is 0 Å². The Labute approximate surface area is 141 Å². The van der Waals surface area contributed by atoms with Crippen molar-refractivity contribution in [1.82, 2.24) is 0 Å². The van der Waals surface area contributed by atoms with E-state index in [1.54, 1.807) is 44.6 Å². The lowest BCUT2D eigenvalue weighted by atomic mass is 9.91. The van der Waals surface area contributed by atoms with Crippen LogP contribution < -0.4 is 14.2 Å². The Kier molecular flexibility index (Phi) is 6.21. The van der Waals surface area contributed by atoms with Gasteiger partial charge >= 0.3 is 0 Å². The summed E-state index contributed by atoms with van der Waals surface area (Å²) in [5.41, 5.74) is 1.22. The Bertz CT molecular complexity index is 696. The largest absolute Gasteiger partial charge is 0.493 e. The highest BCUT2D eigenvalue weighted by Gasteiger charge is 2.24. The molecule has 128 valence electrons. The molecule has 2 rings (SSSR count). The maximum Gasteiger partial charge on any atom is 0.173 e. The SMILES string of the molecule is COc1cccc(C(C)C(=O)c2ccccc2OCCO)c1OC. The van der Waals surface area contributed by atoms with Crippen LogP contribution in [0, 0.1) is 0 Å². The van der Waals surface area contributed by atoms with Crippen LogP contribution in [0.15, 0.2) is 42.5 Å². The standard InChI is InChI=1S/C19H22O5/c1-13(14-8-6-10-17(22-2)19(14)23-3)18(21)15-7-4-5-9-16(15)24-12-11-20/h4-10,13,20H,11-12H2,1-3H3. The summed E-state index contributed by atoms with van der Waals surface area (Å²) in [6.45, 7) is 1.85. The first kappa shape index (κ1) is 17.8. The van der Waals surface area contributed by atoms with Crippen molar-refractivity contribution in [2.45, 2.75) is 12.8 Å². The number of Topliss-reactive ketones (excluding diaryl/α,β-unsaturated/α-hetero) is 1. The highest BCUT2D eigenvalue weighted by molar-refractivity contribution is 6.03. The van der Waals surface area contributed by atoms with Crippen molar-refractivity contribution in [2.24, 2.45) is 0 Å². The van der Waals surface area contributed by atoms with Gasteiger partial charge < -0.3 is 19.3 Å². The summed E-state index contributed by atoms with van der Waals surface area (Å²) in [7, 11) is 3.11. The zero-order valence-corrected chi connectivity index (χ0v) is 14.1. The predicted molar refractivity (Wildman–Crippen MR) is 91.3 cm³/mol. The molecular weight excluding hydrogens is 308 g/mol. The molecule has 0 amide bonds. The lowest BCUT2D eigenvalue weighted by molar-refractivity contribution is 0.0959. The van der Waals surface area contributed by atoms with Gasteiger partial charge in [0.25, 0.3) is 0 Å². The summed E-state index contributed by atoms with van der Waals surface area (Å²) in [6.07, 6.45) is 0. The molecule has 0 radical (unpaired) electrons. The minimum Gasteiger partial charge on any atom is -0.493 e. The molecule has 0 aliphatic heterocycles. The quantitative estimate of drug-likeness (QED) is 0.754. The lowest BCUT2D eigenvalue weighted by Gasteiger charge is -2.18. The molecule has 1 atom stereocenters. The number of hydrogen-bond acceptors (Lipinski definition) is 5. The van der Waals surface area contributed by atoms with E-state index in [1.165, 1.54) is 0 Å². The molecular formula is C19H22O5. The second-order valence-electron chi connectivity index (χ2n) is 5.24. The van der Waals surface area contributed by atoms with Crippen LogP contribution in [0.4, 0.5) is 0 Å². The topological polar surface area (TPSA) is 65.0 Å². The Balaban J connectivity index is 2.37. The van der Waals surface area contributed by atoms with Crippen molar-refractivity contribution in [3.63, 3.8) is 0 Å². The van der Waals surface area contributed by atoms with Gasteiger partial charge in [0.15, 0.2) is 17.3 Å². The molecule has 0 spiro atoms. The molecule has 5 heteroatoms. The van der Waals surface area contributed by atoms with Crippen LogP contribution in [0.25, 0.3) is 0 Å². The van der Waals surface area contributed by atoms with E-state index in [-0.39, 0.29) is 19.0 Å². The smallest absolute Gasteiger partial charge is 0.173 e. The summed E-state index contributed by atoms with van der Waals surface area (Å²) in [5, 5.41) is 8.93. The summed E-state index contributed by atoms with van der Waals surface area (Å²) in [6, 6.07) is 12.5. The van der Waals surface area contributed by atoms with Crippen molar-refractivity contribution in [3.8, 4) is 17.2 Å². The van der Waals surface area contributed by atoms with Gasteiger partial charge in [0.2, 0.25) is 0 Å². The van der Waals surface area contributed by atoms with Crippen molar-refractivity contribution >= 4 is 5.78 Å². The maximum absolute atomic E-state index is 13.0. The van der Waals surface area contributed by atoms with Crippen LogP contribution in [0.5, 0.6) is 17.2 Å². The summed E-state index contributed by atoms with van der Waals surface area (Å²) >= 11 is 0. The van der Waals surface area contributed by atoms with Gasteiger partial charge in [-0.3, -0.25) is 4.79 Å². The molecule has 0 heterocycles. The lowest BCUT2D eigenvalue weighted by Crippen LogP contribution is -2.13. The fourth-order valence-corrected chi connectivity index (χ4v) is 2.58. The zero-order valence-electron chi connectivity index (χ0n) is 14.1. The molecule has 1 unspecified atom stereocenters. The van der Waals surface area contributed by atoms with Crippen LogP contribution in [0.3, 0.4) is 0 Å². The Morgan fingerprint density at radius 2 is 1.75 bits per heavy atom. The summed E-state index contributed by atoms with van der Waals surface area (Å²) < 4.78 is 16.2. The number of methoxy groups -OCH3 is 2. The number of ether oxygens (including phenoxy) is 3. The van der Waals surface area contributed by atoms with Gasteiger partial charge in [-0.1, -0.05) is 31.2 Å². The minimum absolute atomic E-state index is 0.0879. The number of para-hydroxylation sites is 2. The van der Waals surface area contributed by atoms with Gasteiger partial charge in [0.1, 0.15) is 12.4 Å². The zero-order chi connectivity index (χ0) is 17.5. The van der Waals surface area contributed by atoms with E-state index in [0.717, 1.165) is 5.56 Å². The predicted octanol–water partition coefficient (Wildman–Crippen LogP) is 3.06. The van der Waals surface area contributed by atoms with E-state index in [4.69, 9.17) is 19.3 Å². The number of rotatable bonds is 8. The number of carbonyl (C=O) groups is 1. The number of aliphatic hydroxyl groups is 1. The van der Waals surface area contributed by atoms with Gasteiger partial charge in [-0.2, -0.15) is 0 Å². The molecule has 2 aromatic rings. The normalized spacial score (nSPS) is 11.7. The average molecular weight is 330 g/mol. The third-order valence-electron chi connectivity index (χ3n) is 3.79. The monoisotopic (exact) mass is 330 g/mol. The molecule has 0 fully saturated rings. The van der Waals surface area contributed by atoms with Gasteiger partial charge in [-0.15, -0.1) is 0 Å². The Morgan fingerprint density at radius 1 is 1.04 bits per heavy atom. The molecule has 0 saturated carbocycles. The van der Waals surface area contributed by atoms with Gasteiger partial charge in [-0.25, -0.2) is 0 Å². The Hall–Kier alpha value is -2.53. The van der Waals surface area contributed by atoms with E-state index in [0.29, 0.717) is 22.8 Å². The van der Waals surface area contributed by atoms with Crippen LogP contribution in [0.1, 0.15) is 28.8 Å². The fraction of sp³-hybridized carbons (Fsp3) is 0.316. The van der Waals surface area contributed by atoms with E-state index in [9.17, 15) is 4.79 Å². The molecule has 5 nitrogen and oxygen atoms in total. The first-order valence-corrected chi connectivity index (χ1v) is 7.71. The first-order chi connectivity index (χ1) is 11.6. The van der Waals surface area contributed by atoms with Crippen LogP contribution in [0.2, 0.25) is 0 Å². The summed E-state index contributed by atoms with van der Waals surface area (Å²) in [4.78, 5) is 13.0. The van der Waals surface area contributed by atoms with Crippen molar-refractivity contribution in [3.05, 3.63) is 53.6 Å². The molecule has 0 saturated heterocycles. The van der Waals surface area contributed by atoms with Crippen LogP contribution in [-0.4, -0.2) is 38.3 Å². The molecule has 0 aliphatic carbocycles. The molecule has 2 aromatic carbocycles. The fourth-order valence-electron chi connectivity index (χ4n) is 2.58. The Morgan fingerprint density at radius 3 is 2.42 bits per heavy atom. The van der Waals surface area contributed by atoms with Gasteiger partial charge in [0.05, 0.1) is 26.4 Å². The van der Waals surface area contributed by atoms with E-state index < -0.39 is 5.92 Å². The third kappa shape index (κ3) is 3.68. The maximum atomic E-state index is 13.0. The second kappa shape index (κ2) is 8.36. The summed E-state index contributed by atoms with van der Waals surface area (Å²) in [5.74, 6) is 1.07. The van der Waals surface area contributed by atoms with Gasteiger partial charge in [-0.05, 0) is 18.2 Å². The van der Waals surface area contributed by atoms with Gasteiger partial charge in [0, 0.05) is 11.5 Å². The molecule has 0 aromatic heterocycles. The highest BCUT2D eigenvalue weighted by Crippen LogP contribution is 2.37. The highest BCUT2D eigenvalue weighted by atomic mass is 16.5. The second-order valence-corrected chi connectivity index (χ2v) is 5.24. The van der Waals surface area contributed by atoms with E-state index in [1.807, 2.05) is 19.1 Å². The number of benzene rings is 2. The molecule has 0 aliphatic rings. The van der Waals surface area contributed by atoms with E-state index in [2.05, 4.69) is 0 Å². The number of aliphatic hydroxyl groups excluding tert-OH is 1. The molecule has 1 N–H and O–H groups in total. The number of ketones is 1. The minimum atomic E-state index is -0.436. The van der Waals surface area contributed by atoms with Crippen LogP contribution >= 0.6 is 0 Å². The molecule has 24 heavy (non-hydrogen) atoms. The van der Waals surface area contributed by atoms with Crippen molar-refractivity contribution in [2.75, 3.05) is 27.4 Å². The van der Waals surface area contributed by atoms with Crippen molar-refractivity contribution in [1.29, 1.82) is 0 Å². The number of carbonyl (C=O) groups excluding carboxylic acids is 1. The van der Waals surface area contributed by atoms with Crippen molar-refractivity contribution < 1.29 is 24.1 Å². The van der Waals surface area contributed by atoms with Crippen LogP contribution in [-0.2, 0) is 0 Å². The number of hydrogen-bond donors (Lipinski definition) is 1.